The van der Waals surface area contributed by atoms with Crippen LogP contribution in [0.25, 0.3) is 0 Å². The molecule has 0 aromatic rings. The quantitative estimate of drug-likeness (QED) is 0.262. The molecule has 11 heteroatoms. The maximum absolute atomic E-state index is 12.5. The van der Waals surface area contributed by atoms with Gasteiger partial charge in [0.1, 0.15) is 0 Å². The Morgan fingerprint density at radius 1 is 1.18 bits per heavy atom. The van der Waals surface area contributed by atoms with Crippen LogP contribution in [0.2, 0.25) is 0 Å². The first-order valence-electron chi connectivity index (χ1n) is 9.53. The molecular formula is C17H33F3IN5O2. The third kappa shape index (κ3) is 9.90. The van der Waals surface area contributed by atoms with E-state index in [9.17, 15) is 18.3 Å². The number of aliphatic imine (C=N–C) groups is 1. The minimum absolute atomic E-state index is 0. The Morgan fingerprint density at radius 2 is 1.86 bits per heavy atom. The van der Waals surface area contributed by atoms with Crippen LogP contribution in [-0.4, -0.2) is 104 Å². The topological polar surface area (TPSA) is 72.4 Å². The lowest BCUT2D eigenvalue weighted by Crippen LogP contribution is -2.49. The normalized spacial score (nSPS) is 24.5. The number of alkyl halides is 3. The molecule has 0 saturated carbocycles. The molecule has 0 amide bonds. The van der Waals surface area contributed by atoms with E-state index in [4.69, 9.17) is 4.74 Å². The number of halogens is 4. The monoisotopic (exact) mass is 523 g/mol. The SMILES string of the molecule is CCNC(=NCC(C)(O)CN1CCOCC1)NC1CCN(CC(F)(F)F)C1.I. The number of ether oxygens (including phenoxy) is 1. The summed E-state index contributed by atoms with van der Waals surface area (Å²) in [5, 5.41) is 16.9. The van der Waals surface area contributed by atoms with Crippen LogP contribution in [0, 0.1) is 0 Å². The summed E-state index contributed by atoms with van der Waals surface area (Å²) in [5.74, 6) is 0.526. The van der Waals surface area contributed by atoms with Gasteiger partial charge in [-0.3, -0.25) is 14.8 Å². The zero-order chi connectivity index (χ0) is 19.9. The van der Waals surface area contributed by atoms with Gasteiger partial charge in [0.2, 0.25) is 0 Å². The molecule has 2 heterocycles. The zero-order valence-electron chi connectivity index (χ0n) is 16.6. The fraction of sp³-hybridized carbons (Fsp3) is 0.941. The van der Waals surface area contributed by atoms with Gasteiger partial charge in [-0.25, -0.2) is 0 Å². The van der Waals surface area contributed by atoms with Crippen molar-refractivity contribution < 1.29 is 23.0 Å². The van der Waals surface area contributed by atoms with Crippen molar-refractivity contribution in [3.05, 3.63) is 0 Å². The van der Waals surface area contributed by atoms with Gasteiger partial charge in [-0.1, -0.05) is 0 Å². The highest BCUT2D eigenvalue weighted by molar-refractivity contribution is 14.0. The zero-order valence-corrected chi connectivity index (χ0v) is 18.9. The van der Waals surface area contributed by atoms with Crippen LogP contribution >= 0.6 is 24.0 Å². The smallest absolute Gasteiger partial charge is 0.387 e. The molecule has 2 aliphatic heterocycles. The molecule has 2 aliphatic rings. The summed E-state index contributed by atoms with van der Waals surface area (Å²) in [4.78, 5) is 8.00. The van der Waals surface area contributed by atoms with Crippen LogP contribution in [0.3, 0.4) is 0 Å². The van der Waals surface area contributed by atoms with Crippen LogP contribution in [0.4, 0.5) is 13.2 Å². The highest BCUT2D eigenvalue weighted by Crippen LogP contribution is 2.20. The van der Waals surface area contributed by atoms with Gasteiger partial charge in [0.05, 0.1) is 31.9 Å². The Bertz CT molecular complexity index is 488. The van der Waals surface area contributed by atoms with E-state index >= 15 is 0 Å². The number of nitrogens with one attached hydrogen (secondary N) is 2. The van der Waals surface area contributed by atoms with E-state index in [1.807, 2.05) is 6.92 Å². The van der Waals surface area contributed by atoms with Crippen LogP contribution < -0.4 is 10.6 Å². The van der Waals surface area contributed by atoms with Crippen LogP contribution in [0.1, 0.15) is 20.3 Å². The second kappa shape index (κ2) is 11.7. The van der Waals surface area contributed by atoms with Crippen LogP contribution in [0.5, 0.6) is 0 Å². The molecule has 0 spiro atoms. The number of aliphatic hydroxyl groups is 1. The molecule has 7 nitrogen and oxygen atoms in total. The first-order chi connectivity index (χ1) is 12.7. The van der Waals surface area contributed by atoms with Crippen molar-refractivity contribution in [3.8, 4) is 0 Å². The number of morpholine rings is 1. The minimum Gasteiger partial charge on any atom is -0.387 e. The highest BCUT2D eigenvalue weighted by Gasteiger charge is 2.34. The van der Waals surface area contributed by atoms with Crippen molar-refractivity contribution in [2.45, 2.75) is 38.1 Å². The predicted octanol–water partition coefficient (Wildman–Crippen LogP) is 0.879. The van der Waals surface area contributed by atoms with Gasteiger partial charge in [0, 0.05) is 45.3 Å². The summed E-state index contributed by atoms with van der Waals surface area (Å²) in [6, 6.07) is -0.0886. The summed E-state index contributed by atoms with van der Waals surface area (Å²) in [5.41, 5.74) is -0.988. The fourth-order valence-electron chi connectivity index (χ4n) is 3.40. The second-order valence-corrected chi connectivity index (χ2v) is 7.56. The molecule has 2 atom stereocenters. The molecule has 0 radical (unpaired) electrons. The van der Waals surface area contributed by atoms with Gasteiger partial charge in [-0.2, -0.15) is 13.2 Å². The van der Waals surface area contributed by atoms with Crippen molar-refractivity contribution in [3.63, 3.8) is 0 Å². The number of hydrogen-bond acceptors (Lipinski definition) is 5. The second-order valence-electron chi connectivity index (χ2n) is 7.56. The molecular weight excluding hydrogens is 490 g/mol. The number of rotatable bonds is 7. The summed E-state index contributed by atoms with van der Waals surface area (Å²) in [6.45, 7) is 7.78. The number of hydrogen-bond donors (Lipinski definition) is 3. The minimum atomic E-state index is -4.17. The van der Waals surface area contributed by atoms with Gasteiger partial charge in [-0.15, -0.1) is 24.0 Å². The standard InChI is InChI=1S/C17H32F3N5O2.HI/c1-3-21-15(23-14-4-5-25(10-14)13-17(18,19)20)22-11-16(2,26)12-24-6-8-27-9-7-24;/h14,26H,3-13H2,1-2H3,(H2,21,22,23);1H. The predicted molar refractivity (Wildman–Crippen MR) is 113 cm³/mol. The van der Waals surface area contributed by atoms with Gasteiger partial charge in [0.15, 0.2) is 5.96 Å². The summed E-state index contributed by atoms with van der Waals surface area (Å²) in [7, 11) is 0. The molecule has 2 unspecified atom stereocenters. The third-order valence-corrected chi connectivity index (χ3v) is 4.61. The Balaban J connectivity index is 0.00000392. The highest BCUT2D eigenvalue weighted by atomic mass is 127. The Morgan fingerprint density at radius 3 is 2.46 bits per heavy atom. The average molecular weight is 523 g/mol. The lowest BCUT2D eigenvalue weighted by Gasteiger charge is -2.33. The van der Waals surface area contributed by atoms with E-state index in [0.29, 0.717) is 51.8 Å². The Hall–Kier alpha value is -0.370. The maximum atomic E-state index is 12.5. The van der Waals surface area contributed by atoms with Crippen molar-refractivity contribution in [1.82, 2.24) is 20.4 Å². The lowest BCUT2D eigenvalue weighted by atomic mass is 10.1. The molecule has 166 valence electrons. The largest absolute Gasteiger partial charge is 0.401 e. The molecule has 2 saturated heterocycles. The number of guanidine groups is 1. The first kappa shape index (κ1) is 25.7. The molecule has 0 aliphatic carbocycles. The maximum Gasteiger partial charge on any atom is 0.401 e. The summed E-state index contributed by atoms with van der Waals surface area (Å²) >= 11 is 0. The van der Waals surface area contributed by atoms with E-state index in [2.05, 4.69) is 20.5 Å². The molecule has 0 aromatic heterocycles. The number of nitrogens with zero attached hydrogens (tertiary/aromatic N) is 3. The molecule has 28 heavy (non-hydrogen) atoms. The van der Waals surface area contributed by atoms with E-state index in [-0.39, 0.29) is 36.6 Å². The van der Waals surface area contributed by atoms with E-state index < -0.39 is 18.3 Å². The molecule has 0 aromatic carbocycles. The lowest BCUT2D eigenvalue weighted by molar-refractivity contribution is -0.143. The van der Waals surface area contributed by atoms with Gasteiger partial charge in [0.25, 0.3) is 0 Å². The molecule has 2 fully saturated rings. The summed E-state index contributed by atoms with van der Waals surface area (Å²) in [6.07, 6.45) is -3.55. The number of likely N-dealkylation sites (tertiary alicyclic amines) is 1. The van der Waals surface area contributed by atoms with Crippen molar-refractivity contribution >= 4 is 29.9 Å². The first-order valence-corrected chi connectivity index (χ1v) is 9.53. The Labute approximate surface area is 182 Å². The van der Waals surface area contributed by atoms with Crippen molar-refractivity contribution in [2.24, 2.45) is 4.99 Å². The van der Waals surface area contributed by atoms with Crippen LogP contribution in [0.15, 0.2) is 4.99 Å². The van der Waals surface area contributed by atoms with E-state index in [1.165, 1.54) is 4.90 Å². The third-order valence-electron chi connectivity index (χ3n) is 4.61. The van der Waals surface area contributed by atoms with E-state index in [0.717, 1.165) is 13.1 Å². The molecule has 3 N–H and O–H groups in total. The van der Waals surface area contributed by atoms with E-state index in [1.54, 1.807) is 6.92 Å². The molecule has 0 bridgehead atoms. The van der Waals surface area contributed by atoms with Crippen molar-refractivity contribution in [2.75, 3.05) is 65.6 Å². The number of β-amino-alcohol motifs (C(OH)–C–C–N with tert-alkyl or cyclic N) is 1. The van der Waals surface area contributed by atoms with Crippen molar-refractivity contribution in [1.29, 1.82) is 0 Å². The van der Waals surface area contributed by atoms with Gasteiger partial charge in [-0.05, 0) is 20.3 Å². The molecule has 2 rings (SSSR count). The summed E-state index contributed by atoms with van der Waals surface area (Å²) < 4.78 is 42.9. The van der Waals surface area contributed by atoms with Crippen LogP contribution in [-0.2, 0) is 4.74 Å². The Kier molecular flexibility index (Phi) is 10.7. The van der Waals surface area contributed by atoms with Gasteiger partial charge < -0.3 is 20.5 Å². The van der Waals surface area contributed by atoms with Gasteiger partial charge >= 0.3 is 6.18 Å². The fourth-order valence-corrected chi connectivity index (χ4v) is 3.40. The average Bonchev–Trinajstić information content (AvgIpc) is 2.98.